The van der Waals surface area contributed by atoms with Crippen molar-refractivity contribution in [2.75, 3.05) is 0 Å². The van der Waals surface area contributed by atoms with Crippen LogP contribution < -0.4 is 0 Å². The number of nitrogens with zero attached hydrogens (tertiary/aromatic N) is 1. The molecule has 1 amide bonds. The van der Waals surface area contributed by atoms with Gasteiger partial charge in [-0.1, -0.05) is 40.5 Å². The molecule has 0 aliphatic rings. The zero-order chi connectivity index (χ0) is 14.1. The molecule has 0 fully saturated rings. The Balaban J connectivity index is 4.80. The molecule has 2 nitrogen and oxygen atoms in total. The number of carbonyl (C=O) groups excluding carboxylic acids is 1. The summed E-state index contributed by atoms with van der Waals surface area (Å²) < 4.78 is 0. The van der Waals surface area contributed by atoms with Gasteiger partial charge in [0.25, 0.3) is 0 Å². The highest BCUT2D eigenvalue weighted by Gasteiger charge is 2.28. The lowest BCUT2D eigenvalue weighted by molar-refractivity contribution is -0.140. The lowest BCUT2D eigenvalue weighted by atomic mass is 9.95. The Morgan fingerprint density at radius 2 is 1.44 bits per heavy atom. The van der Waals surface area contributed by atoms with Crippen molar-refractivity contribution in [1.29, 1.82) is 0 Å². The average molecular weight is 255 g/mol. The third-order valence-corrected chi connectivity index (χ3v) is 4.13. The molecule has 0 saturated carbocycles. The molecule has 0 rings (SSSR count). The van der Waals surface area contributed by atoms with Crippen LogP contribution in [0.1, 0.15) is 80.1 Å². The first-order valence-corrected chi connectivity index (χ1v) is 7.85. The van der Waals surface area contributed by atoms with E-state index in [0.717, 1.165) is 25.7 Å². The van der Waals surface area contributed by atoms with Gasteiger partial charge in [-0.3, -0.25) is 4.79 Å². The predicted molar refractivity (Wildman–Crippen MR) is 79.7 cm³/mol. The number of hydrogen-bond acceptors (Lipinski definition) is 1. The van der Waals surface area contributed by atoms with Crippen LogP contribution in [-0.2, 0) is 4.79 Å². The molecular weight excluding hydrogens is 222 g/mol. The van der Waals surface area contributed by atoms with Crippen molar-refractivity contribution in [2.45, 2.75) is 92.2 Å². The third-order valence-electron chi connectivity index (χ3n) is 4.13. The zero-order valence-corrected chi connectivity index (χ0v) is 13.3. The Morgan fingerprint density at radius 3 is 1.78 bits per heavy atom. The van der Waals surface area contributed by atoms with Crippen molar-refractivity contribution < 1.29 is 4.79 Å². The monoisotopic (exact) mass is 255 g/mol. The summed E-state index contributed by atoms with van der Waals surface area (Å²) in [5.41, 5.74) is 0. The largest absolute Gasteiger partial charge is 0.337 e. The van der Waals surface area contributed by atoms with E-state index in [4.69, 9.17) is 0 Å². The summed E-state index contributed by atoms with van der Waals surface area (Å²) in [6.45, 7) is 13.0. The molecule has 0 aromatic rings. The summed E-state index contributed by atoms with van der Waals surface area (Å²) in [4.78, 5) is 14.8. The van der Waals surface area contributed by atoms with Crippen molar-refractivity contribution in [3.05, 3.63) is 0 Å². The Hall–Kier alpha value is -0.530. The molecule has 0 heterocycles. The third kappa shape index (κ3) is 4.99. The lowest BCUT2D eigenvalue weighted by Gasteiger charge is -2.36. The Labute approximate surface area is 114 Å². The second-order valence-electron chi connectivity index (χ2n) is 5.51. The molecule has 0 aromatic carbocycles. The van der Waals surface area contributed by atoms with Gasteiger partial charge in [0.05, 0.1) is 0 Å². The minimum absolute atomic E-state index is 0.230. The highest BCUT2D eigenvalue weighted by atomic mass is 16.2. The zero-order valence-electron chi connectivity index (χ0n) is 13.3. The van der Waals surface area contributed by atoms with Gasteiger partial charge in [-0.15, -0.1) is 0 Å². The highest BCUT2D eigenvalue weighted by Crippen LogP contribution is 2.21. The first kappa shape index (κ1) is 17.5. The summed E-state index contributed by atoms with van der Waals surface area (Å²) in [5, 5.41) is 0. The lowest BCUT2D eigenvalue weighted by Crippen LogP contribution is -2.47. The summed E-state index contributed by atoms with van der Waals surface area (Å²) in [6.07, 6.45) is 6.45. The standard InChI is InChI=1S/C16H33NO/c1-7-11-12-15(10-4)16(18)17(13(5)8-2)14(6)9-3/h13-15H,7-12H2,1-6H3. The van der Waals surface area contributed by atoms with E-state index >= 15 is 0 Å². The minimum atomic E-state index is 0.230. The van der Waals surface area contributed by atoms with Crippen LogP contribution in [-0.4, -0.2) is 22.9 Å². The second-order valence-corrected chi connectivity index (χ2v) is 5.51. The molecule has 0 saturated heterocycles. The van der Waals surface area contributed by atoms with Crippen LogP contribution in [0.2, 0.25) is 0 Å². The van der Waals surface area contributed by atoms with Gasteiger partial charge in [-0.25, -0.2) is 0 Å². The summed E-state index contributed by atoms with van der Waals surface area (Å²) >= 11 is 0. The summed E-state index contributed by atoms with van der Waals surface area (Å²) in [5.74, 6) is 0.614. The summed E-state index contributed by atoms with van der Waals surface area (Å²) in [6, 6.07) is 0.728. The van der Waals surface area contributed by atoms with E-state index in [9.17, 15) is 4.79 Å². The van der Waals surface area contributed by atoms with Crippen LogP contribution in [0.25, 0.3) is 0 Å². The fraction of sp³-hybridized carbons (Fsp3) is 0.938. The summed E-state index contributed by atoms with van der Waals surface area (Å²) in [7, 11) is 0. The van der Waals surface area contributed by atoms with Gasteiger partial charge in [0, 0.05) is 18.0 Å². The molecule has 0 aliphatic carbocycles. The van der Waals surface area contributed by atoms with Crippen LogP contribution in [0.15, 0.2) is 0 Å². The van der Waals surface area contributed by atoms with Crippen molar-refractivity contribution in [3.63, 3.8) is 0 Å². The van der Waals surface area contributed by atoms with E-state index in [1.807, 2.05) is 0 Å². The van der Waals surface area contributed by atoms with Gasteiger partial charge in [0.1, 0.15) is 0 Å². The van der Waals surface area contributed by atoms with Gasteiger partial charge < -0.3 is 4.90 Å². The van der Waals surface area contributed by atoms with E-state index in [1.54, 1.807) is 0 Å². The molecule has 108 valence electrons. The topological polar surface area (TPSA) is 20.3 Å². The Bertz CT molecular complexity index is 217. The minimum Gasteiger partial charge on any atom is -0.337 e. The van der Waals surface area contributed by atoms with Gasteiger partial charge in [0.2, 0.25) is 5.91 Å². The molecule has 3 unspecified atom stereocenters. The Kier molecular flexibility index (Phi) is 9.13. The SMILES string of the molecule is CCCCC(CC)C(=O)N(C(C)CC)C(C)CC. The number of rotatable bonds is 9. The molecule has 0 spiro atoms. The normalized spacial score (nSPS) is 16.1. The van der Waals surface area contributed by atoms with Crippen LogP contribution in [0.4, 0.5) is 0 Å². The molecule has 18 heavy (non-hydrogen) atoms. The fourth-order valence-electron chi connectivity index (χ4n) is 2.43. The van der Waals surface area contributed by atoms with Crippen LogP contribution >= 0.6 is 0 Å². The molecule has 3 atom stereocenters. The maximum Gasteiger partial charge on any atom is 0.226 e. The van der Waals surface area contributed by atoms with E-state index in [1.165, 1.54) is 12.8 Å². The molecule has 0 N–H and O–H groups in total. The molecule has 0 radical (unpaired) electrons. The van der Waals surface area contributed by atoms with Crippen LogP contribution in [0, 0.1) is 5.92 Å². The second kappa shape index (κ2) is 9.41. The van der Waals surface area contributed by atoms with E-state index in [2.05, 4.69) is 46.4 Å². The Morgan fingerprint density at radius 1 is 0.944 bits per heavy atom. The van der Waals surface area contributed by atoms with Crippen molar-refractivity contribution in [1.82, 2.24) is 4.90 Å². The maximum atomic E-state index is 12.7. The van der Waals surface area contributed by atoms with E-state index in [-0.39, 0.29) is 5.92 Å². The van der Waals surface area contributed by atoms with Gasteiger partial charge in [-0.05, 0) is 39.5 Å². The molecule has 0 aromatic heterocycles. The van der Waals surface area contributed by atoms with Crippen LogP contribution in [0.5, 0.6) is 0 Å². The highest BCUT2D eigenvalue weighted by molar-refractivity contribution is 5.79. The number of carbonyl (C=O) groups is 1. The van der Waals surface area contributed by atoms with Gasteiger partial charge >= 0.3 is 0 Å². The van der Waals surface area contributed by atoms with Crippen LogP contribution in [0.3, 0.4) is 0 Å². The number of unbranched alkanes of at least 4 members (excludes halogenated alkanes) is 1. The fourth-order valence-corrected chi connectivity index (χ4v) is 2.43. The maximum absolute atomic E-state index is 12.7. The van der Waals surface area contributed by atoms with Crippen molar-refractivity contribution in [3.8, 4) is 0 Å². The van der Waals surface area contributed by atoms with E-state index < -0.39 is 0 Å². The van der Waals surface area contributed by atoms with Crippen molar-refractivity contribution >= 4 is 5.91 Å². The first-order valence-electron chi connectivity index (χ1n) is 7.85. The quantitative estimate of drug-likeness (QED) is 0.588. The predicted octanol–water partition coefficient (Wildman–Crippen LogP) is 4.63. The van der Waals surface area contributed by atoms with Crippen molar-refractivity contribution in [2.24, 2.45) is 5.92 Å². The molecular formula is C16H33NO. The molecule has 0 aliphatic heterocycles. The average Bonchev–Trinajstić information content (AvgIpc) is 2.39. The number of amides is 1. The van der Waals surface area contributed by atoms with E-state index in [0.29, 0.717) is 18.0 Å². The van der Waals surface area contributed by atoms with Gasteiger partial charge in [0.15, 0.2) is 0 Å². The molecule has 0 bridgehead atoms. The van der Waals surface area contributed by atoms with Gasteiger partial charge in [-0.2, -0.15) is 0 Å². The smallest absolute Gasteiger partial charge is 0.226 e. The first-order chi connectivity index (χ1) is 8.53. The number of hydrogen-bond donors (Lipinski definition) is 0. The molecule has 2 heteroatoms.